The number of nitrogens with one attached hydrogen (secondary N) is 1. The maximum Gasteiger partial charge on any atom is 0.303 e. The van der Waals surface area contributed by atoms with E-state index < -0.39 is 54.5 Å². The predicted octanol–water partition coefficient (Wildman–Crippen LogP) is 1.37. The Morgan fingerprint density at radius 3 is 2.03 bits per heavy atom. The van der Waals surface area contributed by atoms with Gasteiger partial charge in [-0.15, -0.1) is 0 Å². The summed E-state index contributed by atoms with van der Waals surface area (Å²) < 4.78 is 27.5. The van der Waals surface area contributed by atoms with Crippen LogP contribution in [0.2, 0.25) is 5.02 Å². The molecule has 31 heavy (non-hydrogen) atoms. The number of carbonyl (C=O) groups excluding carboxylic acids is 4. The van der Waals surface area contributed by atoms with Crippen molar-refractivity contribution in [2.24, 2.45) is 0 Å². The van der Waals surface area contributed by atoms with Gasteiger partial charge in [-0.25, -0.2) is 0 Å². The van der Waals surface area contributed by atoms with Crippen molar-refractivity contribution >= 4 is 35.4 Å². The monoisotopic (exact) mass is 457 g/mol. The minimum atomic E-state index is -1.18. The Labute approximate surface area is 184 Å². The lowest BCUT2D eigenvalue weighted by atomic mass is 9.96. The second-order valence-corrected chi connectivity index (χ2v) is 7.23. The van der Waals surface area contributed by atoms with Crippen molar-refractivity contribution in [1.82, 2.24) is 5.32 Å². The van der Waals surface area contributed by atoms with Crippen molar-refractivity contribution < 1.29 is 42.9 Å². The average molecular weight is 458 g/mol. The largest absolute Gasteiger partial charge is 0.463 e. The van der Waals surface area contributed by atoms with E-state index >= 15 is 0 Å². The molecule has 1 aromatic carbocycles. The van der Waals surface area contributed by atoms with E-state index in [1.807, 2.05) is 0 Å². The van der Waals surface area contributed by atoms with Crippen molar-refractivity contribution in [2.75, 3.05) is 6.61 Å². The van der Waals surface area contributed by atoms with Gasteiger partial charge in [0.1, 0.15) is 24.5 Å². The summed E-state index contributed by atoms with van der Waals surface area (Å²) in [6, 6.07) is 5.30. The third kappa shape index (κ3) is 7.41. The molecule has 0 aromatic heterocycles. The summed E-state index contributed by atoms with van der Waals surface area (Å²) in [6.07, 6.45) is -4.58. The molecule has 0 spiro atoms. The first kappa shape index (κ1) is 24.4. The maximum absolute atomic E-state index is 11.9. The van der Waals surface area contributed by atoms with E-state index in [-0.39, 0.29) is 6.61 Å². The van der Waals surface area contributed by atoms with Crippen LogP contribution in [0.3, 0.4) is 0 Å². The van der Waals surface area contributed by atoms with Gasteiger partial charge < -0.3 is 29.0 Å². The van der Waals surface area contributed by atoms with Crippen LogP contribution in [0.25, 0.3) is 0 Å². The zero-order valence-electron chi connectivity index (χ0n) is 17.5. The molecule has 11 heteroatoms. The Bertz CT molecular complexity index is 813. The highest BCUT2D eigenvalue weighted by Crippen LogP contribution is 2.29. The molecule has 0 aliphatic carbocycles. The summed E-state index contributed by atoms with van der Waals surface area (Å²) in [5, 5.41) is 3.10. The predicted molar refractivity (Wildman–Crippen MR) is 106 cm³/mol. The zero-order chi connectivity index (χ0) is 23.1. The average Bonchev–Trinajstić information content (AvgIpc) is 2.65. The normalized spacial score (nSPS) is 25.1. The first-order valence-corrected chi connectivity index (χ1v) is 9.77. The van der Waals surface area contributed by atoms with Gasteiger partial charge in [0, 0.05) is 32.7 Å². The quantitative estimate of drug-likeness (QED) is 0.477. The van der Waals surface area contributed by atoms with Gasteiger partial charge in [0.25, 0.3) is 0 Å². The van der Waals surface area contributed by atoms with Crippen LogP contribution in [0.5, 0.6) is 5.75 Å². The van der Waals surface area contributed by atoms with Crippen LogP contribution in [-0.2, 0) is 38.1 Å². The molecule has 1 aromatic rings. The van der Waals surface area contributed by atoms with Gasteiger partial charge >= 0.3 is 17.9 Å². The highest BCUT2D eigenvalue weighted by molar-refractivity contribution is 6.30. The van der Waals surface area contributed by atoms with Crippen LogP contribution in [0.4, 0.5) is 0 Å². The van der Waals surface area contributed by atoms with Gasteiger partial charge in [0.15, 0.2) is 12.2 Å². The number of esters is 3. The van der Waals surface area contributed by atoms with E-state index in [0.29, 0.717) is 10.8 Å². The Morgan fingerprint density at radius 2 is 1.52 bits per heavy atom. The summed E-state index contributed by atoms with van der Waals surface area (Å²) in [4.78, 5) is 46.7. The van der Waals surface area contributed by atoms with Gasteiger partial charge in [0.2, 0.25) is 12.2 Å². The van der Waals surface area contributed by atoms with E-state index in [9.17, 15) is 19.2 Å². The maximum atomic E-state index is 11.9. The highest BCUT2D eigenvalue weighted by atomic mass is 35.5. The number of amides is 1. The lowest BCUT2D eigenvalue weighted by Crippen LogP contribution is -2.67. The lowest BCUT2D eigenvalue weighted by Gasteiger charge is -2.44. The number of halogens is 1. The molecule has 2 rings (SSSR count). The molecular weight excluding hydrogens is 434 g/mol. The molecule has 1 aliphatic heterocycles. The molecule has 1 aliphatic rings. The van der Waals surface area contributed by atoms with Gasteiger partial charge in [-0.2, -0.15) is 0 Å². The molecule has 1 N–H and O–H groups in total. The first-order chi connectivity index (χ1) is 14.6. The van der Waals surface area contributed by atoms with E-state index in [1.54, 1.807) is 24.3 Å². The summed E-state index contributed by atoms with van der Waals surface area (Å²) in [7, 11) is 0. The summed E-state index contributed by atoms with van der Waals surface area (Å²) >= 11 is 5.90. The number of ether oxygens (including phenoxy) is 5. The Morgan fingerprint density at radius 1 is 0.935 bits per heavy atom. The standard InChI is InChI=1S/C20H24ClNO9/c1-10(23)22-17-19(29-13(4)26)18(28-12(3)25)16(9-27-11(2)24)31-20(17)30-15-7-5-14(21)6-8-15/h5-8,16-20H,9H2,1-4H3,(H,22,23)/t16-,17+,18+,19+,20-/m0/s1. The van der Waals surface area contributed by atoms with Crippen LogP contribution in [0.15, 0.2) is 24.3 Å². The third-order valence-electron chi connectivity index (χ3n) is 4.14. The number of hydrogen-bond donors (Lipinski definition) is 1. The number of rotatable bonds is 7. The van der Waals surface area contributed by atoms with E-state index in [0.717, 1.165) is 6.92 Å². The molecule has 170 valence electrons. The Balaban J connectivity index is 2.43. The smallest absolute Gasteiger partial charge is 0.303 e. The minimum Gasteiger partial charge on any atom is -0.463 e. The SMILES string of the molecule is CC(=O)N[C@H]1[C@@H](Oc2ccc(Cl)cc2)O[C@@H](COC(C)=O)[C@@H](OC(C)=O)[C@@H]1OC(C)=O. The molecule has 0 saturated carbocycles. The summed E-state index contributed by atoms with van der Waals surface area (Å²) in [6.45, 7) is 4.49. The number of hydrogen-bond acceptors (Lipinski definition) is 9. The van der Waals surface area contributed by atoms with Gasteiger partial charge in [-0.3, -0.25) is 19.2 Å². The van der Waals surface area contributed by atoms with Crippen LogP contribution >= 0.6 is 11.6 Å². The topological polar surface area (TPSA) is 126 Å². The van der Waals surface area contributed by atoms with Crippen LogP contribution < -0.4 is 10.1 Å². The van der Waals surface area contributed by atoms with Crippen LogP contribution in [-0.4, -0.2) is 61.1 Å². The van der Waals surface area contributed by atoms with E-state index in [4.69, 9.17) is 35.3 Å². The van der Waals surface area contributed by atoms with Gasteiger partial charge in [-0.1, -0.05) is 11.6 Å². The summed E-state index contributed by atoms with van der Waals surface area (Å²) in [5.74, 6) is -2.07. The van der Waals surface area contributed by atoms with Crippen molar-refractivity contribution in [2.45, 2.75) is 58.3 Å². The summed E-state index contributed by atoms with van der Waals surface area (Å²) in [5.41, 5.74) is 0. The van der Waals surface area contributed by atoms with Crippen molar-refractivity contribution in [3.8, 4) is 5.75 Å². The zero-order valence-corrected chi connectivity index (χ0v) is 18.2. The molecule has 1 fully saturated rings. The highest BCUT2D eigenvalue weighted by Gasteiger charge is 2.51. The molecule has 1 heterocycles. The molecule has 1 saturated heterocycles. The van der Waals surface area contributed by atoms with Crippen molar-refractivity contribution in [3.05, 3.63) is 29.3 Å². The fourth-order valence-electron chi connectivity index (χ4n) is 3.04. The first-order valence-electron chi connectivity index (χ1n) is 9.39. The molecule has 5 atom stereocenters. The molecule has 0 unspecified atom stereocenters. The Kier molecular flexibility index (Phi) is 8.64. The fraction of sp³-hybridized carbons (Fsp3) is 0.500. The van der Waals surface area contributed by atoms with Gasteiger partial charge in [0.05, 0.1) is 0 Å². The van der Waals surface area contributed by atoms with E-state index in [2.05, 4.69) is 5.32 Å². The van der Waals surface area contributed by atoms with Crippen molar-refractivity contribution in [1.29, 1.82) is 0 Å². The van der Waals surface area contributed by atoms with Crippen molar-refractivity contribution in [3.63, 3.8) is 0 Å². The fourth-order valence-corrected chi connectivity index (χ4v) is 3.16. The molecular formula is C20H24ClNO9. The second-order valence-electron chi connectivity index (χ2n) is 6.79. The van der Waals surface area contributed by atoms with Gasteiger partial charge in [-0.05, 0) is 24.3 Å². The third-order valence-corrected chi connectivity index (χ3v) is 4.39. The molecule has 1 amide bonds. The van der Waals surface area contributed by atoms with Crippen LogP contribution in [0.1, 0.15) is 27.7 Å². The molecule has 0 radical (unpaired) electrons. The Hall–Kier alpha value is -2.85. The number of carbonyl (C=O) groups is 4. The van der Waals surface area contributed by atoms with E-state index in [1.165, 1.54) is 20.8 Å². The lowest BCUT2D eigenvalue weighted by molar-refractivity contribution is -0.257. The van der Waals surface area contributed by atoms with Crippen LogP contribution in [0, 0.1) is 0 Å². The number of benzene rings is 1. The molecule has 0 bridgehead atoms. The molecule has 10 nitrogen and oxygen atoms in total. The minimum absolute atomic E-state index is 0.307. The second kappa shape index (κ2) is 11.0.